The zero-order chi connectivity index (χ0) is 13.9. The third-order valence-corrected chi connectivity index (χ3v) is 2.54. The predicted octanol–water partition coefficient (Wildman–Crippen LogP) is 3.31. The molecular weight excluding hydrogens is 238 g/mol. The molecule has 0 aromatic heterocycles. The van der Waals surface area contributed by atoms with Crippen LogP contribution < -0.4 is 5.32 Å². The highest BCUT2D eigenvalue weighted by Crippen LogP contribution is 2.32. The summed E-state index contributed by atoms with van der Waals surface area (Å²) >= 11 is 0. The van der Waals surface area contributed by atoms with Crippen molar-refractivity contribution >= 4 is 11.6 Å². The van der Waals surface area contributed by atoms with E-state index in [9.17, 15) is 13.6 Å². The second-order valence-electron chi connectivity index (χ2n) is 4.18. The van der Waals surface area contributed by atoms with Crippen LogP contribution in [0.4, 0.5) is 14.5 Å². The summed E-state index contributed by atoms with van der Waals surface area (Å²) < 4.78 is 27.1. The van der Waals surface area contributed by atoms with Gasteiger partial charge in [-0.15, -0.1) is 0 Å². The van der Waals surface area contributed by atoms with E-state index in [0.717, 1.165) is 6.07 Å². The van der Waals surface area contributed by atoms with E-state index < -0.39 is 11.6 Å². The van der Waals surface area contributed by atoms with E-state index in [-0.39, 0.29) is 35.1 Å². The topological polar surface area (TPSA) is 52.9 Å². The first kappa shape index (κ1) is 14.1. The number of carbonyl (C=O) groups is 1. The molecule has 1 amide bonds. The Morgan fingerprint density at radius 3 is 2.56 bits per heavy atom. The van der Waals surface area contributed by atoms with Gasteiger partial charge in [0.15, 0.2) is 11.6 Å². The molecule has 5 heteroatoms. The maximum Gasteiger partial charge on any atom is 0.224 e. The minimum atomic E-state index is -1.08. The van der Waals surface area contributed by atoms with Gasteiger partial charge in [-0.05, 0) is 12.0 Å². The van der Waals surface area contributed by atoms with E-state index in [2.05, 4.69) is 5.32 Å². The average molecular weight is 252 g/mol. The normalized spacial score (nSPS) is 10.3. The van der Waals surface area contributed by atoms with Crippen molar-refractivity contribution in [3.63, 3.8) is 0 Å². The highest BCUT2D eigenvalue weighted by atomic mass is 19.2. The van der Waals surface area contributed by atoms with Crippen molar-refractivity contribution in [3.8, 4) is 6.07 Å². The number of halogens is 2. The van der Waals surface area contributed by atoms with Gasteiger partial charge in [0.2, 0.25) is 5.91 Å². The minimum absolute atomic E-state index is 0.0216. The summed E-state index contributed by atoms with van der Waals surface area (Å²) in [5.41, 5.74) is 0.0194. The smallest absolute Gasteiger partial charge is 0.224 e. The maximum atomic E-state index is 13.7. The van der Waals surface area contributed by atoms with E-state index in [0.29, 0.717) is 0 Å². The van der Waals surface area contributed by atoms with Crippen molar-refractivity contribution in [2.45, 2.75) is 33.1 Å². The maximum absolute atomic E-state index is 13.7. The lowest BCUT2D eigenvalue weighted by molar-refractivity contribution is -0.115. The molecule has 0 radical (unpaired) electrons. The molecule has 0 fully saturated rings. The molecule has 1 rings (SSSR count). The lowest BCUT2D eigenvalue weighted by atomic mass is 9.96. The molecule has 0 unspecified atom stereocenters. The van der Waals surface area contributed by atoms with Gasteiger partial charge in [0, 0.05) is 12.0 Å². The number of rotatable bonds is 3. The molecule has 0 aliphatic rings. The zero-order valence-electron chi connectivity index (χ0n) is 10.5. The molecule has 3 nitrogen and oxygen atoms in total. The van der Waals surface area contributed by atoms with Crippen molar-refractivity contribution < 1.29 is 13.6 Å². The van der Waals surface area contributed by atoms with E-state index in [1.165, 1.54) is 0 Å². The van der Waals surface area contributed by atoms with E-state index in [1.807, 2.05) is 0 Å². The van der Waals surface area contributed by atoms with Crippen LogP contribution in [0.15, 0.2) is 6.07 Å². The quantitative estimate of drug-likeness (QED) is 0.897. The molecule has 1 aromatic carbocycles. The number of nitrogens with one attached hydrogen (secondary N) is 1. The highest BCUT2D eigenvalue weighted by molar-refractivity contribution is 5.93. The van der Waals surface area contributed by atoms with Crippen LogP contribution in [0.25, 0.3) is 0 Å². The van der Waals surface area contributed by atoms with Crippen LogP contribution >= 0.6 is 0 Å². The minimum Gasteiger partial charge on any atom is -0.325 e. The van der Waals surface area contributed by atoms with Crippen LogP contribution in [0, 0.1) is 23.0 Å². The molecular formula is C13H14F2N2O. The zero-order valence-corrected chi connectivity index (χ0v) is 10.5. The first-order valence-electron chi connectivity index (χ1n) is 5.64. The van der Waals surface area contributed by atoms with Gasteiger partial charge in [-0.2, -0.15) is 5.26 Å². The largest absolute Gasteiger partial charge is 0.325 e. The molecule has 0 bridgehead atoms. The van der Waals surface area contributed by atoms with Crippen LogP contribution in [0.5, 0.6) is 0 Å². The van der Waals surface area contributed by atoms with Gasteiger partial charge in [-0.25, -0.2) is 8.78 Å². The fourth-order valence-corrected chi connectivity index (χ4v) is 1.64. The highest BCUT2D eigenvalue weighted by Gasteiger charge is 2.21. The monoisotopic (exact) mass is 252 g/mol. The molecule has 0 saturated carbocycles. The first-order valence-corrected chi connectivity index (χ1v) is 5.64. The van der Waals surface area contributed by atoms with Gasteiger partial charge in [0.05, 0.1) is 11.3 Å². The molecule has 0 saturated heterocycles. The number of nitriles is 1. The molecule has 1 aromatic rings. The summed E-state index contributed by atoms with van der Waals surface area (Å²) in [7, 11) is 0. The van der Waals surface area contributed by atoms with Crippen molar-refractivity contribution in [2.24, 2.45) is 0 Å². The van der Waals surface area contributed by atoms with Crippen LogP contribution in [0.2, 0.25) is 0 Å². The summed E-state index contributed by atoms with van der Waals surface area (Å²) in [5, 5.41) is 11.4. The number of anilines is 1. The molecule has 0 aliphatic heterocycles. The molecule has 0 spiro atoms. The Bertz CT molecular complexity index is 519. The fraction of sp³-hybridized carbons (Fsp3) is 0.385. The summed E-state index contributed by atoms with van der Waals surface area (Å²) in [4.78, 5) is 11.4. The molecule has 1 N–H and O–H groups in total. The number of carbonyl (C=O) groups excluding carboxylic acids is 1. The average Bonchev–Trinajstić information content (AvgIpc) is 2.32. The van der Waals surface area contributed by atoms with Crippen molar-refractivity contribution in [2.75, 3.05) is 5.32 Å². The van der Waals surface area contributed by atoms with Crippen molar-refractivity contribution in [1.29, 1.82) is 5.26 Å². The standard InChI is InChI=1S/C13H14F2N2O/c1-4-10(18)17-13-8(6-16)5-9(14)12(15)11(13)7(2)3/h5,7H,4H2,1-3H3,(H,17,18). The van der Waals surface area contributed by atoms with Gasteiger partial charge in [0.25, 0.3) is 0 Å². The van der Waals surface area contributed by atoms with Gasteiger partial charge in [-0.3, -0.25) is 4.79 Å². The van der Waals surface area contributed by atoms with Crippen LogP contribution in [0.1, 0.15) is 44.2 Å². The fourth-order valence-electron chi connectivity index (χ4n) is 1.64. The van der Waals surface area contributed by atoms with Crippen LogP contribution in [-0.4, -0.2) is 5.91 Å². The number of nitrogens with zero attached hydrogens (tertiary/aromatic N) is 1. The number of hydrogen-bond donors (Lipinski definition) is 1. The lowest BCUT2D eigenvalue weighted by Crippen LogP contribution is -2.15. The summed E-state index contributed by atoms with van der Waals surface area (Å²) in [5.74, 6) is -2.79. The number of amides is 1. The van der Waals surface area contributed by atoms with Crippen molar-refractivity contribution in [3.05, 3.63) is 28.8 Å². The Morgan fingerprint density at radius 1 is 1.50 bits per heavy atom. The van der Waals surface area contributed by atoms with Gasteiger partial charge >= 0.3 is 0 Å². The van der Waals surface area contributed by atoms with Gasteiger partial charge < -0.3 is 5.32 Å². The summed E-state index contributed by atoms with van der Waals surface area (Å²) in [6.45, 7) is 4.97. The first-order chi connectivity index (χ1) is 8.42. The van der Waals surface area contributed by atoms with E-state index in [4.69, 9.17) is 5.26 Å². The second kappa shape index (κ2) is 5.58. The van der Waals surface area contributed by atoms with E-state index in [1.54, 1.807) is 26.8 Å². The van der Waals surface area contributed by atoms with Crippen LogP contribution in [0.3, 0.4) is 0 Å². The Kier molecular flexibility index (Phi) is 4.38. The summed E-state index contributed by atoms with van der Waals surface area (Å²) in [6.07, 6.45) is 0.196. The molecule has 18 heavy (non-hydrogen) atoms. The van der Waals surface area contributed by atoms with Gasteiger partial charge in [0.1, 0.15) is 6.07 Å². The van der Waals surface area contributed by atoms with Crippen LogP contribution in [-0.2, 0) is 4.79 Å². The molecule has 0 atom stereocenters. The molecule has 96 valence electrons. The second-order valence-corrected chi connectivity index (χ2v) is 4.18. The Morgan fingerprint density at radius 2 is 2.11 bits per heavy atom. The summed E-state index contributed by atoms with van der Waals surface area (Å²) in [6, 6.07) is 2.57. The van der Waals surface area contributed by atoms with Crippen molar-refractivity contribution in [1.82, 2.24) is 0 Å². The third-order valence-electron chi connectivity index (χ3n) is 2.54. The molecule has 0 heterocycles. The SMILES string of the molecule is CCC(=O)Nc1c(C#N)cc(F)c(F)c1C(C)C. The van der Waals surface area contributed by atoms with Gasteiger partial charge in [-0.1, -0.05) is 20.8 Å². The number of hydrogen-bond acceptors (Lipinski definition) is 2. The Balaban J connectivity index is 3.49. The Hall–Kier alpha value is -1.96. The molecule has 0 aliphatic carbocycles. The van der Waals surface area contributed by atoms with E-state index >= 15 is 0 Å². The number of benzene rings is 1. The lowest BCUT2D eigenvalue weighted by Gasteiger charge is -2.16. The predicted molar refractivity (Wildman–Crippen MR) is 64.1 cm³/mol. The third kappa shape index (κ3) is 2.65. The Labute approximate surface area is 104 Å².